The monoisotopic (exact) mass is 475 g/mol. The molecule has 2 aliphatic rings. The number of nitrogens with zero attached hydrogens (tertiary/aromatic N) is 3. The minimum Gasteiger partial charge on any atom is -0.507 e. The van der Waals surface area contributed by atoms with Crippen LogP contribution in [0.4, 0.5) is 0 Å². The van der Waals surface area contributed by atoms with E-state index in [0.717, 1.165) is 5.56 Å². The molecule has 170 valence electrons. The second kappa shape index (κ2) is 8.94. The van der Waals surface area contributed by atoms with Crippen LogP contribution in [0.1, 0.15) is 40.7 Å². The molecule has 2 aromatic rings. The highest BCUT2D eigenvalue weighted by Gasteiger charge is 2.30. The minimum absolute atomic E-state index is 0.0931. The molecule has 1 aliphatic carbocycles. The van der Waals surface area contributed by atoms with Crippen molar-refractivity contribution < 1.29 is 18.3 Å². The van der Waals surface area contributed by atoms with E-state index in [1.54, 1.807) is 18.2 Å². The summed E-state index contributed by atoms with van der Waals surface area (Å²) in [6.45, 7) is 4.06. The summed E-state index contributed by atoms with van der Waals surface area (Å²) in [6.07, 6.45) is 0.581. The first-order valence-corrected chi connectivity index (χ1v) is 12.4. The van der Waals surface area contributed by atoms with Gasteiger partial charge < -0.3 is 10.0 Å². The van der Waals surface area contributed by atoms with E-state index in [0.29, 0.717) is 54.5 Å². The number of aromatic hydroxyl groups is 1. The maximum atomic E-state index is 13.0. The van der Waals surface area contributed by atoms with Gasteiger partial charge in [0.15, 0.2) is 5.78 Å². The Morgan fingerprint density at radius 2 is 1.91 bits per heavy atom. The highest BCUT2D eigenvalue weighted by Crippen LogP contribution is 2.42. The predicted molar refractivity (Wildman–Crippen MR) is 125 cm³/mol. The summed E-state index contributed by atoms with van der Waals surface area (Å²) in [7, 11) is -1.70. The highest BCUT2D eigenvalue weighted by molar-refractivity contribution is 7.89. The zero-order valence-corrected chi connectivity index (χ0v) is 19.7. The number of hydrogen-bond donors (Lipinski definition) is 1. The smallest absolute Gasteiger partial charge is 0.243 e. The Labute approximate surface area is 193 Å². The Morgan fingerprint density at radius 1 is 1.19 bits per heavy atom. The molecule has 1 heterocycles. The molecule has 4 rings (SSSR count). The molecule has 1 N–H and O–H groups in total. The number of ketones is 1. The molecule has 1 aliphatic heterocycles. The lowest BCUT2D eigenvalue weighted by atomic mass is 10.0. The van der Waals surface area contributed by atoms with Crippen molar-refractivity contribution >= 4 is 33.1 Å². The molecule has 1 saturated heterocycles. The van der Waals surface area contributed by atoms with E-state index in [2.05, 4.69) is 9.89 Å². The number of phenols is 1. The van der Waals surface area contributed by atoms with Crippen molar-refractivity contribution in [1.29, 1.82) is 0 Å². The van der Waals surface area contributed by atoms with Crippen molar-refractivity contribution in [2.24, 2.45) is 4.99 Å². The van der Waals surface area contributed by atoms with Crippen LogP contribution >= 0.6 is 11.6 Å². The van der Waals surface area contributed by atoms with E-state index in [9.17, 15) is 18.3 Å². The quantitative estimate of drug-likeness (QED) is 0.671. The SMILES string of the molecule is CC1CC(=NCC(=O)c2cccc(S(=O)(=O)N3CCN(C)CC3)c2)c2c(O)ccc(Cl)c21. The average molecular weight is 476 g/mol. The maximum Gasteiger partial charge on any atom is 0.243 e. The summed E-state index contributed by atoms with van der Waals surface area (Å²) >= 11 is 6.30. The molecule has 2 aromatic carbocycles. The minimum atomic E-state index is -3.66. The Bertz CT molecular complexity index is 1190. The molecule has 0 spiro atoms. The molecule has 0 aromatic heterocycles. The standard InChI is InChI=1S/C23H26ClN3O4S/c1-15-12-19(23-20(28)7-6-18(24)22(15)23)25-14-21(29)16-4-3-5-17(13-16)32(30,31)27-10-8-26(2)9-11-27/h3-7,13,15,28H,8-12,14H2,1-2H3. The van der Waals surface area contributed by atoms with Gasteiger partial charge >= 0.3 is 0 Å². The van der Waals surface area contributed by atoms with Gasteiger partial charge in [-0.3, -0.25) is 9.79 Å². The molecule has 1 fully saturated rings. The van der Waals surface area contributed by atoms with Gasteiger partial charge in [0.2, 0.25) is 10.0 Å². The lowest BCUT2D eigenvalue weighted by molar-refractivity contribution is 0.100. The summed E-state index contributed by atoms with van der Waals surface area (Å²) < 4.78 is 27.5. The number of carbonyl (C=O) groups is 1. The lowest BCUT2D eigenvalue weighted by Gasteiger charge is -2.31. The number of phenolic OH excluding ortho intramolecular Hbond substituents is 1. The molecule has 0 bridgehead atoms. The van der Waals surface area contributed by atoms with E-state index in [-0.39, 0.29) is 28.9 Å². The van der Waals surface area contributed by atoms with E-state index in [4.69, 9.17) is 11.6 Å². The number of sulfonamides is 1. The van der Waals surface area contributed by atoms with Gasteiger partial charge in [-0.15, -0.1) is 0 Å². The number of piperazine rings is 1. The van der Waals surface area contributed by atoms with Gasteiger partial charge in [0.25, 0.3) is 0 Å². The average Bonchev–Trinajstić information content (AvgIpc) is 3.12. The molecular formula is C23H26ClN3O4S. The summed E-state index contributed by atoms with van der Waals surface area (Å²) in [4.78, 5) is 19.5. The van der Waals surface area contributed by atoms with Gasteiger partial charge in [-0.25, -0.2) is 8.42 Å². The summed E-state index contributed by atoms with van der Waals surface area (Å²) in [6, 6.07) is 9.32. The van der Waals surface area contributed by atoms with Crippen LogP contribution in [0.2, 0.25) is 5.02 Å². The molecule has 0 saturated carbocycles. The van der Waals surface area contributed by atoms with Crippen LogP contribution in [0, 0.1) is 0 Å². The van der Waals surface area contributed by atoms with Crippen molar-refractivity contribution in [3.8, 4) is 5.75 Å². The number of benzene rings is 2. The summed E-state index contributed by atoms with van der Waals surface area (Å²) in [5, 5.41) is 10.9. The van der Waals surface area contributed by atoms with E-state index < -0.39 is 10.0 Å². The molecule has 7 nitrogen and oxygen atoms in total. The number of carbonyl (C=O) groups excluding carboxylic acids is 1. The van der Waals surface area contributed by atoms with Gasteiger partial charge in [0, 0.05) is 48.0 Å². The third kappa shape index (κ3) is 4.32. The topological polar surface area (TPSA) is 90.3 Å². The van der Waals surface area contributed by atoms with Crippen LogP contribution in [0.5, 0.6) is 5.75 Å². The fourth-order valence-electron chi connectivity index (χ4n) is 4.27. The Balaban J connectivity index is 1.55. The number of likely N-dealkylation sites (N-methyl/N-ethyl adjacent to an activating group) is 1. The number of fused-ring (bicyclic) bond motifs is 1. The molecule has 32 heavy (non-hydrogen) atoms. The molecule has 0 amide bonds. The Hall–Kier alpha value is -2.26. The fraction of sp³-hybridized carbons (Fsp3) is 0.391. The van der Waals surface area contributed by atoms with Gasteiger partial charge in [0.1, 0.15) is 12.3 Å². The van der Waals surface area contributed by atoms with E-state index in [1.807, 2.05) is 14.0 Å². The van der Waals surface area contributed by atoms with Crippen molar-refractivity contribution in [3.63, 3.8) is 0 Å². The van der Waals surface area contributed by atoms with Crippen molar-refractivity contribution in [1.82, 2.24) is 9.21 Å². The van der Waals surface area contributed by atoms with Crippen molar-refractivity contribution in [3.05, 3.63) is 58.1 Å². The first-order valence-electron chi connectivity index (χ1n) is 10.6. The van der Waals surface area contributed by atoms with Crippen LogP contribution in [0.25, 0.3) is 0 Å². The number of rotatable bonds is 5. The molecule has 0 radical (unpaired) electrons. The number of Topliss-reactive ketones (excluding diaryl/α,β-unsaturated/α-hetero) is 1. The van der Waals surface area contributed by atoms with Crippen LogP contribution in [0.3, 0.4) is 0 Å². The molecule has 1 atom stereocenters. The zero-order chi connectivity index (χ0) is 23.0. The van der Waals surface area contributed by atoms with Crippen molar-refractivity contribution in [2.75, 3.05) is 39.8 Å². The van der Waals surface area contributed by atoms with Crippen molar-refractivity contribution in [2.45, 2.75) is 24.2 Å². The Kier molecular flexibility index (Phi) is 6.40. The number of aliphatic imine (C=N–C) groups is 1. The van der Waals surface area contributed by atoms with Crippen LogP contribution < -0.4 is 0 Å². The molecule has 1 unspecified atom stereocenters. The first-order chi connectivity index (χ1) is 15.2. The Morgan fingerprint density at radius 3 is 2.62 bits per heavy atom. The van der Waals surface area contributed by atoms with Gasteiger partial charge in [0.05, 0.1) is 4.90 Å². The summed E-state index contributed by atoms with van der Waals surface area (Å²) in [5.74, 6) is -0.0914. The first kappa shape index (κ1) is 22.9. The zero-order valence-electron chi connectivity index (χ0n) is 18.1. The third-order valence-electron chi connectivity index (χ3n) is 6.12. The molecular weight excluding hydrogens is 450 g/mol. The van der Waals surface area contributed by atoms with Gasteiger partial charge in [-0.1, -0.05) is 30.7 Å². The summed E-state index contributed by atoms with van der Waals surface area (Å²) in [5.41, 5.74) is 2.38. The normalized spacial score (nSPS) is 21.1. The van der Waals surface area contributed by atoms with E-state index >= 15 is 0 Å². The fourth-order valence-corrected chi connectivity index (χ4v) is 6.08. The maximum absolute atomic E-state index is 13.0. The molecule has 9 heteroatoms. The highest BCUT2D eigenvalue weighted by atomic mass is 35.5. The second-order valence-electron chi connectivity index (χ2n) is 8.38. The van der Waals surface area contributed by atoms with Crippen LogP contribution in [0.15, 0.2) is 46.3 Å². The van der Waals surface area contributed by atoms with Crippen LogP contribution in [-0.4, -0.2) is 74.0 Å². The van der Waals surface area contributed by atoms with Gasteiger partial charge in [-0.2, -0.15) is 4.31 Å². The predicted octanol–water partition coefficient (Wildman–Crippen LogP) is 3.16. The number of hydrogen-bond acceptors (Lipinski definition) is 6. The second-order valence-corrected chi connectivity index (χ2v) is 10.7. The van der Waals surface area contributed by atoms with E-state index in [1.165, 1.54) is 22.5 Å². The number of halogens is 1. The third-order valence-corrected chi connectivity index (χ3v) is 8.35. The largest absolute Gasteiger partial charge is 0.507 e. The lowest BCUT2D eigenvalue weighted by Crippen LogP contribution is -2.47. The van der Waals surface area contributed by atoms with Crippen LogP contribution in [-0.2, 0) is 10.0 Å². The van der Waals surface area contributed by atoms with Gasteiger partial charge in [-0.05, 0) is 49.2 Å².